The van der Waals surface area contributed by atoms with E-state index >= 15 is 0 Å². The lowest BCUT2D eigenvalue weighted by molar-refractivity contribution is -0.826. The Morgan fingerprint density at radius 3 is 2.21 bits per heavy atom. The van der Waals surface area contributed by atoms with Gasteiger partial charge in [-0.15, -0.1) is 0 Å². The maximum atomic E-state index is 11.3. The first kappa shape index (κ1) is 10.7. The highest BCUT2D eigenvalue weighted by molar-refractivity contribution is 5.94. The molecule has 0 aliphatic carbocycles. The lowest BCUT2D eigenvalue weighted by Gasteiger charge is -2.06. The van der Waals surface area contributed by atoms with E-state index in [4.69, 9.17) is 5.21 Å². The lowest BCUT2D eigenvalue weighted by atomic mass is 10.0. The van der Waals surface area contributed by atoms with Crippen LogP contribution in [0.15, 0.2) is 12.1 Å². The summed E-state index contributed by atoms with van der Waals surface area (Å²) in [5.41, 5.74) is 4.25. The molecule has 1 aromatic carbocycles. The van der Waals surface area contributed by atoms with Gasteiger partial charge in [-0.1, -0.05) is 0 Å². The normalized spacial score (nSPS) is 10.0. The molecule has 0 unspecified atom stereocenters. The third kappa shape index (κ3) is 1.92. The number of quaternary nitrogens is 1. The number of nitrogens with one attached hydrogen (secondary N) is 1. The minimum absolute atomic E-state index is 0.110. The molecule has 0 aliphatic rings. The highest BCUT2D eigenvalue weighted by Gasteiger charge is 2.11. The zero-order valence-electron chi connectivity index (χ0n) is 8.59. The number of rotatable bonds is 2. The Labute approximate surface area is 82.9 Å². The van der Waals surface area contributed by atoms with Crippen LogP contribution in [0.3, 0.4) is 0 Å². The smallest absolute Gasteiger partial charge is 0.251 e. The summed E-state index contributed by atoms with van der Waals surface area (Å²) in [4.78, 5) is 11.3. The number of amides is 1. The van der Waals surface area contributed by atoms with Crippen LogP contribution in [0.5, 0.6) is 0 Å². The van der Waals surface area contributed by atoms with Crippen LogP contribution in [0.1, 0.15) is 21.5 Å². The SMILES string of the molecule is CNC(=O)c1cc(C)c([NH2+]O)c(C)c1. The molecule has 4 nitrogen and oxygen atoms in total. The van der Waals surface area contributed by atoms with Gasteiger partial charge < -0.3 is 5.32 Å². The summed E-state index contributed by atoms with van der Waals surface area (Å²) in [5, 5.41) is 11.5. The fraction of sp³-hybridized carbons (Fsp3) is 0.300. The van der Waals surface area contributed by atoms with E-state index < -0.39 is 0 Å². The van der Waals surface area contributed by atoms with Crippen molar-refractivity contribution >= 4 is 11.6 Å². The fourth-order valence-corrected chi connectivity index (χ4v) is 1.45. The van der Waals surface area contributed by atoms with Crippen LogP contribution in [0.4, 0.5) is 5.69 Å². The summed E-state index contributed by atoms with van der Waals surface area (Å²) in [5.74, 6) is -0.110. The Hall–Kier alpha value is -1.39. The van der Waals surface area contributed by atoms with Crippen molar-refractivity contribution in [3.05, 3.63) is 28.8 Å². The van der Waals surface area contributed by atoms with Crippen LogP contribution in [-0.4, -0.2) is 18.2 Å². The van der Waals surface area contributed by atoms with Crippen molar-refractivity contribution in [3.63, 3.8) is 0 Å². The molecule has 76 valence electrons. The Morgan fingerprint density at radius 2 is 1.86 bits per heavy atom. The Balaban J connectivity index is 3.20. The van der Waals surface area contributed by atoms with Crippen molar-refractivity contribution in [1.82, 2.24) is 5.32 Å². The van der Waals surface area contributed by atoms with Crippen LogP contribution in [0, 0.1) is 13.8 Å². The summed E-state index contributed by atoms with van der Waals surface area (Å²) in [6, 6.07) is 3.52. The van der Waals surface area contributed by atoms with E-state index in [0.717, 1.165) is 22.3 Å². The van der Waals surface area contributed by atoms with E-state index in [0.29, 0.717) is 5.56 Å². The number of carbonyl (C=O) groups is 1. The fourth-order valence-electron chi connectivity index (χ4n) is 1.45. The van der Waals surface area contributed by atoms with Gasteiger partial charge >= 0.3 is 0 Å². The van der Waals surface area contributed by atoms with Gasteiger partial charge in [-0.05, 0) is 26.0 Å². The van der Waals surface area contributed by atoms with Crippen molar-refractivity contribution in [2.24, 2.45) is 0 Å². The molecule has 0 spiro atoms. The molecule has 4 N–H and O–H groups in total. The number of carbonyl (C=O) groups excluding carboxylic acids is 1. The van der Waals surface area contributed by atoms with Gasteiger partial charge in [0, 0.05) is 23.7 Å². The van der Waals surface area contributed by atoms with Gasteiger partial charge in [0.25, 0.3) is 5.91 Å². The molecule has 0 aromatic heterocycles. The molecule has 0 bridgehead atoms. The third-order valence-electron chi connectivity index (χ3n) is 2.21. The van der Waals surface area contributed by atoms with Gasteiger partial charge in [0.1, 0.15) is 0 Å². The van der Waals surface area contributed by atoms with Gasteiger partial charge in [0.15, 0.2) is 5.69 Å². The molecule has 14 heavy (non-hydrogen) atoms. The summed E-state index contributed by atoms with van der Waals surface area (Å²) in [7, 11) is 1.60. The maximum Gasteiger partial charge on any atom is 0.251 e. The minimum Gasteiger partial charge on any atom is -0.355 e. The van der Waals surface area contributed by atoms with Crippen LogP contribution >= 0.6 is 0 Å². The Kier molecular flexibility index (Phi) is 3.22. The second kappa shape index (κ2) is 4.21. The van der Waals surface area contributed by atoms with E-state index in [1.807, 2.05) is 13.8 Å². The van der Waals surface area contributed by atoms with E-state index in [9.17, 15) is 4.79 Å². The number of hydrogen-bond donors (Lipinski definition) is 3. The van der Waals surface area contributed by atoms with Gasteiger partial charge in [0.2, 0.25) is 0 Å². The van der Waals surface area contributed by atoms with Gasteiger partial charge in [0.05, 0.1) is 0 Å². The van der Waals surface area contributed by atoms with Crippen molar-refractivity contribution in [1.29, 1.82) is 0 Å². The van der Waals surface area contributed by atoms with Crippen molar-refractivity contribution in [3.8, 4) is 0 Å². The molecule has 1 rings (SSSR count). The lowest BCUT2D eigenvalue weighted by Crippen LogP contribution is -2.74. The predicted octanol–water partition coefficient (Wildman–Crippen LogP) is 0.247. The molecular weight excluding hydrogens is 180 g/mol. The van der Waals surface area contributed by atoms with Crippen molar-refractivity contribution in [2.45, 2.75) is 13.8 Å². The molecule has 1 aromatic rings. The zero-order chi connectivity index (χ0) is 10.7. The van der Waals surface area contributed by atoms with Crippen LogP contribution < -0.4 is 10.8 Å². The molecule has 0 heterocycles. The summed E-state index contributed by atoms with van der Waals surface area (Å²) in [6.45, 7) is 3.73. The quantitative estimate of drug-likeness (QED) is 0.467. The largest absolute Gasteiger partial charge is 0.355 e. The summed E-state index contributed by atoms with van der Waals surface area (Å²) >= 11 is 0. The molecular formula is C10H15N2O2+. The van der Waals surface area contributed by atoms with Crippen molar-refractivity contribution < 1.29 is 15.5 Å². The maximum absolute atomic E-state index is 11.3. The van der Waals surface area contributed by atoms with Gasteiger partial charge in [-0.2, -0.15) is 5.48 Å². The monoisotopic (exact) mass is 195 g/mol. The highest BCUT2D eigenvalue weighted by atomic mass is 16.5. The second-order valence-electron chi connectivity index (χ2n) is 3.23. The van der Waals surface area contributed by atoms with E-state index in [-0.39, 0.29) is 5.91 Å². The zero-order valence-corrected chi connectivity index (χ0v) is 8.59. The second-order valence-corrected chi connectivity index (χ2v) is 3.23. The highest BCUT2D eigenvalue weighted by Crippen LogP contribution is 2.17. The van der Waals surface area contributed by atoms with Gasteiger partial charge in [-0.3, -0.25) is 4.79 Å². The Morgan fingerprint density at radius 1 is 1.36 bits per heavy atom. The minimum atomic E-state index is -0.110. The molecule has 0 radical (unpaired) electrons. The number of hydrogen-bond acceptors (Lipinski definition) is 2. The van der Waals surface area contributed by atoms with Crippen molar-refractivity contribution in [2.75, 3.05) is 7.05 Å². The van der Waals surface area contributed by atoms with E-state index in [1.165, 1.54) is 0 Å². The molecule has 4 heteroatoms. The summed E-state index contributed by atoms with van der Waals surface area (Å²) < 4.78 is 0. The summed E-state index contributed by atoms with van der Waals surface area (Å²) in [6.07, 6.45) is 0. The van der Waals surface area contributed by atoms with Crippen LogP contribution in [0.25, 0.3) is 0 Å². The topological polar surface area (TPSA) is 65.9 Å². The predicted molar refractivity (Wildman–Crippen MR) is 52.7 cm³/mol. The number of nitrogens with two attached hydrogens (primary N) is 1. The molecule has 0 atom stereocenters. The van der Waals surface area contributed by atoms with E-state index in [2.05, 4.69) is 5.32 Å². The van der Waals surface area contributed by atoms with Crippen LogP contribution in [-0.2, 0) is 0 Å². The number of benzene rings is 1. The molecule has 1 amide bonds. The standard InChI is InChI=1S/C10H14N2O2/c1-6-4-8(10(13)11-3)5-7(2)9(6)12-14/h4-5,12,14H,1-3H3,(H,11,13)/p+1. The Bertz CT molecular complexity index is 338. The first-order valence-corrected chi connectivity index (χ1v) is 4.41. The third-order valence-corrected chi connectivity index (χ3v) is 2.21. The van der Waals surface area contributed by atoms with E-state index in [1.54, 1.807) is 19.2 Å². The molecule has 0 saturated heterocycles. The van der Waals surface area contributed by atoms with Gasteiger partial charge in [-0.25, -0.2) is 5.21 Å². The first-order chi connectivity index (χ1) is 6.60. The molecule has 0 aliphatic heterocycles. The first-order valence-electron chi connectivity index (χ1n) is 4.41. The number of aryl methyl sites for hydroxylation is 2. The average Bonchev–Trinajstić information content (AvgIpc) is 2.16. The average molecular weight is 195 g/mol. The van der Waals surface area contributed by atoms with Crippen LogP contribution in [0.2, 0.25) is 0 Å². The molecule has 0 fully saturated rings. The molecule has 0 saturated carbocycles.